The maximum Gasteiger partial charge on any atom is 0.258 e. The van der Waals surface area contributed by atoms with Gasteiger partial charge >= 0.3 is 0 Å². The zero-order valence-corrected chi connectivity index (χ0v) is 11.3. The molecule has 6 heteroatoms. The Balaban J connectivity index is 1.92. The van der Waals surface area contributed by atoms with Crippen molar-refractivity contribution in [3.05, 3.63) is 23.8 Å². The summed E-state index contributed by atoms with van der Waals surface area (Å²) in [6, 6.07) is 7.58. The Morgan fingerprint density at radius 2 is 2.45 bits per heavy atom. The Morgan fingerprint density at radius 3 is 3.20 bits per heavy atom. The molecule has 0 spiro atoms. The Kier molecular flexibility index (Phi) is 4.80. The zero-order valence-electron chi connectivity index (χ0n) is 11.3. The molecule has 2 rings (SSSR count). The first kappa shape index (κ1) is 14.2. The summed E-state index contributed by atoms with van der Waals surface area (Å²) in [6.07, 6.45) is 0. The van der Waals surface area contributed by atoms with Gasteiger partial charge in [-0.15, -0.1) is 0 Å². The van der Waals surface area contributed by atoms with Gasteiger partial charge in [0.05, 0.1) is 12.1 Å². The largest absolute Gasteiger partial charge is 0.491 e. The van der Waals surface area contributed by atoms with Crippen molar-refractivity contribution in [3.63, 3.8) is 0 Å². The zero-order chi connectivity index (χ0) is 14.4. The molecule has 1 heterocycles. The van der Waals surface area contributed by atoms with Crippen LogP contribution in [-0.4, -0.2) is 32.2 Å². The quantitative estimate of drug-likeness (QED) is 0.748. The first-order chi connectivity index (χ1) is 9.74. The van der Waals surface area contributed by atoms with Crippen LogP contribution in [0.4, 0.5) is 0 Å². The Labute approximate surface area is 117 Å². The molecule has 0 fully saturated rings. The molecule has 1 atom stereocenters. The van der Waals surface area contributed by atoms with Crippen molar-refractivity contribution in [1.82, 2.24) is 10.6 Å². The number of nitrogens with zero attached hydrogens (tertiary/aromatic N) is 1. The van der Waals surface area contributed by atoms with Gasteiger partial charge in [0.25, 0.3) is 5.91 Å². The monoisotopic (exact) mass is 275 g/mol. The van der Waals surface area contributed by atoms with E-state index in [9.17, 15) is 4.79 Å². The van der Waals surface area contributed by atoms with Crippen LogP contribution < -0.4 is 20.1 Å². The van der Waals surface area contributed by atoms with Crippen molar-refractivity contribution >= 4 is 5.91 Å². The molecular formula is C14H17N3O3. The summed E-state index contributed by atoms with van der Waals surface area (Å²) in [5.41, 5.74) is 1.10. The van der Waals surface area contributed by atoms with Crippen LogP contribution in [0.3, 0.4) is 0 Å². The number of nitriles is 1. The number of nitrogens with one attached hydrogen (secondary N) is 2. The lowest BCUT2D eigenvalue weighted by atomic mass is 10.1. The fourth-order valence-electron chi connectivity index (χ4n) is 2.03. The van der Waals surface area contributed by atoms with E-state index >= 15 is 0 Å². The van der Waals surface area contributed by atoms with E-state index in [1.54, 1.807) is 6.07 Å². The lowest BCUT2D eigenvalue weighted by molar-refractivity contribution is -0.122. The molecule has 0 saturated carbocycles. The summed E-state index contributed by atoms with van der Waals surface area (Å²) in [7, 11) is 0. The number of carbonyl (C=O) groups is 1. The lowest BCUT2D eigenvalue weighted by Crippen LogP contribution is -2.29. The summed E-state index contributed by atoms with van der Waals surface area (Å²) < 4.78 is 11.0. The van der Waals surface area contributed by atoms with E-state index in [4.69, 9.17) is 14.7 Å². The second-order valence-electron chi connectivity index (χ2n) is 4.34. The van der Waals surface area contributed by atoms with Crippen LogP contribution in [-0.2, 0) is 4.79 Å². The van der Waals surface area contributed by atoms with Crippen LogP contribution in [0.15, 0.2) is 18.2 Å². The molecule has 106 valence electrons. The highest BCUT2D eigenvalue weighted by Crippen LogP contribution is 2.35. The topological polar surface area (TPSA) is 83.4 Å². The number of fused-ring (bicyclic) bond motifs is 1. The van der Waals surface area contributed by atoms with E-state index in [-0.39, 0.29) is 25.1 Å². The fourth-order valence-corrected chi connectivity index (χ4v) is 2.03. The first-order valence-electron chi connectivity index (χ1n) is 6.51. The van der Waals surface area contributed by atoms with E-state index in [1.165, 1.54) is 0 Å². The molecule has 2 N–H and O–H groups in total. The van der Waals surface area contributed by atoms with Crippen LogP contribution in [0, 0.1) is 11.3 Å². The van der Waals surface area contributed by atoms with Crippen molar-refractivity contribution in [2.24, 2.45) is 0 Å². The van der Waals surface area contributed by atoms with Gasteiger partial charge in [-0.1, -0.05) is 6.92 Å². The van der Waals surface area contributed by atoms with Crippen molar-refractivity contribution in [2.45, 2.75) is 13.0 Å². The molecule has 1 aromatic carbocycles. The number of rotatable bonds is 6. The SMILES string of the molecule is CCNC1COc2cc(OCC(=O)NCC#N)ccc21. The third kappa shape index (κ3) is 3.39. The van der Waals surface area contributed by atoms with Gasteiger partial charge < -0.3 is 20.1 Å². The van der Waals surface area contributed by atoms with E-state index in [0.29, 0.717) is 12.4 Å². The average Bonchev–Trinajstić information content (AvgIpc) is 2.86. The second-order valence-corrected chi connectivity index (χ2v) is 4.34. The van der Waals surface area contributed by atoms with Gasteiger partial charge in [-0.25, -0.2) is 0 Å². The van der Waals surface area contributed by atoms with Crippen molar-refractivity contribution in [3.8, 4) is 17.6 Å². The van der Waals surface area contributed by atoms with Gasteiger partial charge in [0, 0.05) is 11.6 Å². The molecule has 20 heavy (non-hydrogen) atoms. The molecule has 6 nitrogen and oxygen atoms in total. The number of amides is 1. The number of hydrogen-bond donors (Lipinski definition) is 2. The number of carbonyl (C=O) groups excluding carboxylic acids is 1. The Morgan fingerprint density at radius 1 is 1.60 bits per heavy atom. The van der Waals surface area contributed by atoms with Gasteiger partial charge in [-0.05, 0) is 18.7 Å². The van der Waals surface area contributed by atoms with Crippen molar-refractivity contribution < 1.29 is 14.3 Å². The molecule has 0 saturated heterocycles. The molecule has 0 bridgehead atoms. The lowest BCUT2D eigenvalue weighted by Gasteiger charge is -2.10. The second kappa shape index (κ2) is 6.78. The third-order valence-corrected chi connectivity index (χ3v) is 2.95. The first-order valence-corrected chi connectivity index (χ1v) is 6.51. The summed E-state index contributed by atoms with van der Waals surface area (Å²) >= 11 is 0. The number of benzene rings is 1. The third-order valence-electron chi connectivity index (χ3n) is 2.95. The summed E-state index contributed by atoms with van der Waals surface area (Å²) in [4.78, 5) is 11.3. The van der Waals surface area contributed by atoms with Gasteiger partial charge in [0.15, 0.2) is 6.61 Å². The highest BCUT2D eigenvalue weighted by molar-refractivity contribution is 5.77. The highest BCUT2D eigenvalue weighted by atomic mass is 16.5. The normalized spacial score (nSPS) is 15.9. The minimum Gasteiger partial charge on any atom is -0.491 e. The molecule has 1 amide bonds. The minimum absolute atomic E-state index is 0.0140. The summed E-state index contributed by atoms with van der Waals surface area (Å²) in [5, 5.41) is 14.1. The molecule has 1 unspecified atom stereocenters. The predicted octanol–water partition coefficient (Wildman–Crippen LogP) is 0.748. The molecule has 0 aromatic heterocycles. The van der Waals surface area contributed by atoms with Gasteiger partial charge in [0.2, 0.25) is 0 Å². The van der Waals surface area contributed by atoms with Crippen LogP contribution >= 0.6 is 0 Å². The molecule has 1 aliphatic heterocycles. The number of hydrogen-bond acceptors (Lipinski definition) is 5. The van der Waals surface area contributed by atoms with Gasteiger partial charge in [0.1, 0.15) is 24.7 Å². The summed E-state index contributed by atoms with van der Waals surface area (Å²) in [5.74, 6) is 1.04. The summed E-state index contributed by atoms with van der Waals surface area (Å²) in [6.45, 7) is 3.41. The van der Waals surface area contributed by atoms with Crippen LogP contribution in [0.1, 0.15) is 18.5 Å². The Hall–Kier alpha value is -2.26. The van der Waals surface area contributed by atoms with Crippen LogP contribution in [0.5, 0.6) is 11.5 Å². The van der Waals surface area contributed by atoms with E-state index in [2.05, 4.69) is 17.6 Å². The molecule has 1 aliphatic rings. The smallest absolute Gasteiger partial charge is 0.258 e. The predicted molar refractivity (Wildman–Crippen MR) is 72.5 cm³/mol. The fraction of sp³-hybridized carbons (Fsp3) is 0.429. The highest BCUT2D eigenvalue weighted by Gasteiger charge is 2.23. The molecule has 0 aliphatic carbocycles. The molecule has 1 aromatic rings. The van der Waals surface area contributed by atoms with Crippen molar-refractivity contribution in [2.75, 3.05) is 26.3 Å². The van der Waals surface area contributed by atoms with Crippen LogP contribution in [0.2, 0.25) is 0 Å². The number of likely N-dealkylation sites (N-methyl/N-ethyl adjacent to an activating group) is 1. The van der Waals surface area contributed by atoms with E-state index in [1.807, 2.05) is 18.2 Å². The molecular weight excluding hydrogens is 258 g/mol. The van der Waals surface area contributed by atoms with Gasteiger partial charge in [-0.3, -0.25) is 4.79 Å². The molecule has 0 radical (unpaired) electrons. The maximum absolute atomic E-state index is 11.3. The van der Waals surface area contributed by atoms with Crippen molar-refractivity contribution in [1.29, 1.82) is 5.26 Å². The maximum atomic E-state index is 11.3. The van der Waals surface area contributed by atoms with Gasteiger partial charge in [-0.2, -0.15) is 5.26 Å². The number of ether oxygens (including phenoxy) is 2. The van der Waals surface area contributed by atoms with E-state index < -0.39 is 0 Å². The minimum atomic E-state index is -0.321. The van der Waals surface area contributed by atoms with Crippen LogP contribution in [0.25, 0.3) is 0 Å². The Bertz CT molecular complexity index is 525. The average molecular weight is 275 g/mol. The van der Waals surface area contributed by atoms with E-state index in [0.717, 1.165) is 17.9 Å². The standard InChI is InChI=1S/C14H17N3O3/c1-2-16-12-8-20-13-7-10(3-4-11(12)13)19-9-14(18)17-6-5-15/h3-4,7,12,16H,2,6,8-9H2,1H3,(H,17,18).